The number of ether oxygens (including phenoxy) is 6. The lowest BCUT2D eigenvalue weighted by Gasteiger charge is -2.51. The predicted molar refractivity (Wildman–Crippen MR) is 170 cm³/mol. The van der Waals surface area contributed by atoms with Crippen molar-refractivity contribution in [2.24, 2.45) is 0 Å². The number of thiophene rings is 1. The Bertz CT molecular complexity index is 1060. The van der Waals surface area contributed by atoms with Crippen LogP contribution in [-0.4, -0.2) is 57.5 Å². The van der Waals surface area contributed by atoms with E-state index in [2.05, 4.69) is 69.3 Å². The fourth-order valence-electron chi connectivity index (χ4n) is 5.52. The van der Waals surface area contributed by atoms with Crippen LogP contribution >= 0.6 is 33.9 Å². The SMILES string of the molecule is CCCCOC[C@H]1O[C@]2(OCc3cc4sc(C)c(I)c4cc32)[C@H](OCCCC)[C@@H](OCCCC)[C@@H]1OCCCC. The van der Waals surface area contributed by atoms with Crippen LogP contribution in [0, 0.1) is 10.5 Å². The molecule has 0 saturated carbocycles. The summed E-state index contributed by atoms with van der Waals surface area (Å²) in [5.41, 5.74) is 2.23. The number of hydrogen-bond acceptors (Lipinski definition) is 7. The first-order valence-electron chi connectivity index (χ1n) is 15.5. The molecule has 0 unspecified atom stereocenters. The topological polar surface area (TPSA) is 55.4 Å². The smallest absolute Gasteiger partial charge is 0.225 e. The third kappa shape index (κ3) is 7.24. The van der Waals surface area contributed by atoms with E-state index in [1.54, 1.807) is 0 Å². The van der Waals surface area contributed by atoms with E-state index in [4.69, 9.17) is 28.4 Å². The number of unbranched alkanes of at least 4 members (excludes halogenated alkanes) is 4. The van der Waals surface area contributed by atoms with Crippen LogP contribution in [0.2, 0.25) is 0 Å². The zero-order chi connectivity index (χ0) is 28.5. The molecule has 0 bridgehead atoms. The Morgan fingerprint density at radius 1 is 0.875 bits per heavy atom. The number of rotatable bonds is 17. The third-order valence-corrected chi connectivity index (χ3v) is 10.7. The summed E-state index contributed by atoms with van der Waals surface area (Å²) < 4.78 is 42.6. The summed E-state index contributed by atoms with van der Waals surface area (Å²) >= 11 is 4.31. The molecular weight excluding hydrogens is 639 g/mol. The van der Waals surface area contributed by atoms with E-state index >= 15 is 0 Å². The molecule has 8 heteroatoms. The van der Waals surface area contributed by atoms with Gasteiger partial charge in [0.25, 0.3) is 0 Å². The first-order chi connectivity index (χ1) is 19.5. The normalized spacial score (nSPS) is 26.2. The van der Waals surface area contributed by atoms with Gasteiger partial charge in [0.15, 0.2) is 0 Å². The molecule has 0 N–H and O–H groups in total. The van der Waals surface area contributed by atoms with E-state index in [1.807, 2.05) is 11.3 Å². The minimum Gasteiger partial charge on any atom is -0.379 e. The van der Waals surface area contributed by atoms with E-state index in [1.165, 1.54) is 18.5 Å². The van der Waals surface area contributed by atoms with Gasteiger partial charge in [0, 0.05) is 50.5 Å². The lowest BCUT2D eigenvalue weighted by molar-refractivity contribution is -0.384. The largest absolute Gasteiger partial charge is 0.379 e. The molecule has 226 valence electrons. The summed E-state index contributed by atoms with van der Waals surface area (Å²) in [5, 5.41) is 1.25. The number of hydrogen-bond donors (Lipinski definition) is 0. The second-order valence-electron chi connectivity index (χ2n) is 11.0. The molecule has 5 atom stereocenters. The van der Waals surface area contributed by atoms with Crippen molar-refractivity contribution in [1.29, 1.82) is 0 Å². The Morgan fingerprint density at radius 3 is 2.17 bits per heavy atom. The highest BCUT2D eigenvalue weighted by molar-refractivity contribution is 14.1. The Hall–Kier alpha value is -0.330. The lowest BCUT2D eigenvalue weighted by atomic mass is 9.86. The number of fused-ring (bicyclic) bond motifs is 3. The minimum atomic E-state index is -1.07. The first-order valence-corrected chi connectivity index (χ1v) is 17.4. The van der Waals surface area contributed by atoms with Gasteiger partial charge in [-0.3, -0.25) is 0 Å². The van der Waals surface area contributed by atoms with Crippen molar-refractivity contribution >= 4 is 44.0 Å². The third-order valence-electron chi connectivity index (χ3n) is 7.86. The van der Waals surface area contributed by atoms with Gasteiger partial charge in [-0.2, -0.15) is 0 Å². The van der Waals surface area contributed by atoms with E-state index < -0.39 is 11.9 Å². The summed E-state index contributed by atoms with van der Waals surface area (Å²) in [6, 6.07) is 4.57. The molecule has 4 rings (SSSR count). The summed E-state index contributed by atoms with van der Waals surface area (Å²) in [4.78, 5) is 1.34. The Balaban J connectivity index is 1.78. The van der Waals surface area contributed by atoms with Crippen molar-refractivity contribution in [3.8, 4) is 0 Å². The monoisotopic (exact) mass is 688 g/mol. The average Bonchev–Trinajstić information content (AvgIpc) is 3.44. The zero-order valence-corrected chi connectivity index (χ0v) is 28.1. The summed E-state index contributed by atoms with van der Waals surface area (Å²) in [6.07, 6.45) is 6.80. The van der Waals surface area contributed by atoms with E-state index in [0.717, 1.165) is 62.5 Å². The van der Waals surface area contributed by atoms with Gasteiger partial charge < -0.3 is 28.4 Å². The Kier molecular flexibility index (Phi) is 13.0. The first kappa shape index (κ1) is 32.6. The number of aryl methyl sites for hydroxylation is 1. The molecule has 1 spiro atoms. The average molecular weight is 689 g/mol. The maximum Gasteiger partial charge on any atom is 0.225 e. The van der Waals surface area contributed by atoms with Gasteiger partial charge in [-0.1, -0.05) is 53.4 Å². The number of halogens is 1. The van der Waals surface area contributed by atoms with Gasteiger partial charge in [-0.25, -0.2) is 0 Å². The van der Waals surface area contributed by atoms with Crippen LogP contribution in [0.25, 0.3) is 10.1 Å². The van der Waals surface area contributed by atoms with Crippen molar-refractivity contribution in [2.45, 2.75) is 123 Å². The van der Waals surface area contributed by atoms with Gasteiger partial charge in [-0.05, 0) is 72.9 Å². The highest BCUT2D eigenvalue weighted by Crippen LogP contribution is 2.50. The molecule has 2 aliphatic heterocycles. The molecule has 1 aromatic heterocycles. The fraction of sp³-hybridized carbons (Fsp3) is 0.750. The van der Waals surface area contributed by atoms with Crippen LogP contribution in [0.1, 0.15) is 95.1 Å². The molecule has 2 aliphatic rings. The standard InChI is InChI=1S/C32H49IO6S/c1-6-10-14-34-21-26-29(35-15-11-7-2)30(36-16-12-8-3)31(37-17-13-9-4)32(39-26)25-19-24-27(18-23(25)20-38-32)40-22(5)28(24)33/h18-19,26,29-31H,6-17,20-21H2,1-5H3/t26-,29-,30+,31-,32+/m1/s1. The summed E-state index contributed by atoms with van der Waals surface area (Å²) in [7, 11) is 0. The van der Waals surface area contributed by atoms with Crippen LogP contribution in [0.5, 0.6) is 0 Å². The maximum absolute atomic E-state index is 7.08. The quantitative estimate of drug-likeness (QED) is 0.123. The maximum atomic E-state index is 7.08. The highest BCUT2D eigenvalue weighted by Gasteiger charge is 2.61. The lowest BCUT2D eigenvalue weighted by Crippen LogP contribution is -2.66. The van der Waals surface area contributed by atoms with Crippen molar-refractivity contribution < 1.29 is 28.4 Å². The molecule has 3 heterocycles. The van der Waals surface area contributed by atoms with Crippen LogP contribution in [0.4, 0.5) is 0 Å². The van der Waals surface area contributed by atoms with Crippen LogP contribution < -0.4 is 0 Å². The van der Waals surface area contributed by atoms with E-state index in [0.29, 0.717) is 39.6 Å². The molecule has 6 nitrogen and oxygen atoms in total. The van der Waals surface area contributed by atoms with Crippen molar-refractivity contribution in [3.05, 3.63) is 31.7 Å². The van der Waals surface area contributed by atoms with Gasteiger partial charge >= 0.3 is 0 Å². The second-order valence-corrected chi connectivity index (χ2v) is 13.4. The minimum absolute atomic E-state index is 0.304. The van der Waals surface area contributed by atoms with Gasteiger partial charge in [0.05, 0.1) is 13.2 Å². The van der Waals surface area contributed by atoms with Crippen LogP contribution in [-0.2, 0) is 40.8 Å². The summed E-state index contributed by atoms with van der Waals surface area (Å²) in [6.45, 7) is 14.5. The molecular formula is C32H49IO6S. The Labute approximate surface area is 258 Å². The molecule has 0 amide bonds. The van der Waals surface area contributed by atoms with Crippen LogP contribution in [0.3, 0.4) is 0 Å². The molecule has 1 fully saturated rings. The summed E-state index contributed by atoms with van der Waals surface area (Å²) in [5.74, 6) is -1.07. The number of benzene rings is 1. The molecule has 1 saturated heterocycles. The molecule has 0 aliphatic carbocycles. The second kappa shape index (κ2) is 15.9. The van der Waals surface area contributed by atoms with Crippen molar-refractivity contribution in [2.75, 3.05) is 33.0 Å². The van der Waals surface area contributed by atoms with Crippen LogP contribution in [0.15, 0.2) is 12.1 Å². The molecule has 40 heavy (non-hydrogen) atoms. The molecule has 0 radical (unpaired) electrons. The zero-order valence-electron chi connectivity index (χ0n) is 25.1. The van der Waals surface area contributed by atoms with E-state index in [-0.39, 0.29) is 18.3 Å². The van der Waals surface area contributed by atoms with Gasteiger partial charge in [0.1, 0.15) is 24.4 Å². The van der Waals surface area contributed by atoms with Gasteiger partial charge in [0.2, 0.25) is 5.79 Å². The highest BCUT2D eigenvalue weighted by atomic mass is 127. The molecule has 2 aromatic rings. The predicted octanol–water partition coefficient (Wildman–Crippen LogP) is 8.27. The molecule has 1 aromatic carbocycles. The van der Waals surface area contributed by atoms with Gasteiger partial charge in [-0.15, -0.1) is 11.3 Å². The van der Waals surface area contributed by atoms with E-state index in [9.17, 15) is 0 Å². The Morgan fingerprint density at radius 2 is 1.50 bits per heavy atom. The van der Waals surface area contributed by atoms with Crippen molar-refractivity contribution in [3.63, 3.8) is 0 Å². The fourth-order valence-corrected chi connectivity index (χ4v) is 7.48. The van der Waals surface area contributed by atoms with Crippen molar-refractivity contribution in [1.82, 2.24) is 0 Å².